The van der Waals surface area contributed by atoms with Crippen molar-refractivity contribution in [2.24, 2.45) is 16.8 Å². The molecule has 0 fully saturated rings. The summed E-state index contributed by atoms with van der Waals surface area (Å²) in [6.07, 6.45) is 0.916. The van der Waals surface area contributed by atoms with Gasteiger partial charge in [0.2, 0.25) is 0 Å². The summed E-state index contributed by atoms with van der Waals surface area (Å²) >= 11 is 0. The maximum atomic E-state index is 7.95. The summed E-state index contributed by atoms with van der Waals surface area (Å²) in [5.74, 6) is 0.573. The summed E-state index contributed by atoms with van der Waals surface area (Å²) in [6, 6.07) is 0.0240. The molecule has 0 amide bonds. The molecule has 0 aromatic carbocycles. The summed E-state index contributed by atoms with van der Waals surface area (Å²) < 4.78 is 0. The zero-order valence-electron chi connectivity index (χ0n) is 6.49. The van der Waals surface area contributed by atoms with E-state index in [1.165, 1.54) is 0 Å². The molecule has 0 saturated carbocycles. The quantitative estimate of drug-likeness (QED) is 0.362. The minimum atomic E-state index is 0.0240. The van der Waals surface area contributed by atoms with Gasteiger partial charge in [0.25, 0.3) is 0 Å². The Hall–Kier alpha value is -0.730. The molecule has 0 radical (unpaired) electrons. The SMILES string of the molecule is CC(C)C[C@H](N)CN=[N+]=[N-]. The van der Waals surface area contributed by atoms with Crippen LogP contribution in [0.5, 0.6) is 0 Å². The molecule has 0 unspecified atom stereocenters. The molecule has 2 N–H and O–H groups in total. The minimum absolute atomic E-state index is 0.0240. The fourth-order valence-electron chi connectivity index (χ4n) is 0.821. The van der Waals surface area contributed by atoms with Crippen molar-refractivity contribution in [3.05, 3.63) is 10.4 Å². The van der Waals surface area contributed by atoms with E-state index in [2.05, 4.69) is 23.9 Å². The lowest BCUT2D eigenvalue weighted by Crippen LogP contribution is -2.24. The van der Waals surface area contributed by atoms with Gasteiger partial charge in [-0.2, -0.15) is 0 Å². The Balaban J connectivity index is 3.42. The molecule has 10 heavy (non-hydrogen) atoms. The molecule has 0 aliphatic rings. The lowest BCUT2D eigenvalue weighted by atomic mass is 10.1. The van der Waals surface area contributed by atoms with Gasteiger partial charge in [0.1, 0.15) is 0 Å². The highest BCUT2D eigenvalue weighted by molar-refractivity contribution is 4.66. The number of nitrogens with zero attached hydrogens (tertiary/aromatic N) is 3. The van der Waals surface area contributed by atoms with Gasteiger partial charge in [-0.3, -0.25) is 0 Å². The molecule has 58 valence electrons. The van der Waals surface area contributed by atoms with Gasteiger partial charge in [-0.1, -0.05) is 19.0 Å². The molecule has 0 saturated heterocycles. The van der Waals surface area contributed by atoms with Crippen molar-refractivity contribution in [3.63, 3.8) is 0 Å². The van der Waals surface area contributed by atoms with Crippen molar-refractivity contribution in [2.45, 2.75) is 26.3 Å². The summed E-state index contributed by atoms with van der Waals surface area (Å²) in [5, 5.41) is 3.38. The molecule has 0 bridgehead atoms. The highest BCUT2D eigenvalue weighted by Crippen LogP contribution is 2.02. The van der Waals surface area contributed by atoms with Crippen LogP contribution in [0.3, 0.4) is 0 Å². The van der Waals surface area contributed by atoms with Crippen molar-refractivity contribution in [2.75, 3.05) is 6.54 Å². The van der Waals surface area contributed by atoms with E-state index < -0.39 is 0 Å². The standard InChI is InChI=1S/C6H14N4/c1-5(2)3-6(7)4-9-10-8/h5-6H,3-4,7H2,1-2H3/t6-/m0/s1. The first-order valence-corrected chi connectivity index (χ1v) is 3.43. The summed E-state index contributed by atoms with van der Waals surface area (Å²) in [4.78, 5) is 2.63. The first-order chi connectivity index (χ1) is 4.66. The third kappa shape index (κ3) is 5.41. The second-order valence-electron chi connectivity index (χ2n) is 2.80. The van der Waals surface area contributed by atoms with Crippen LogP contribution in [0.15, 0.2) is 5.11 Å². The maximum absolute atomic E-state index is 7.95. The predicted octanol–water partition coefficient (Wildman–Crippen LogP) is 1.67. The van der Waals surface area contributed by atoms with Gasteiger partial charge < -0.3 is 5.73 Å². The highest BCUT2D eigenvalue weighted by Gasteiger charge is 2.02. The van der Waals surface area contributed by atoms with Gasteiger partial charge in [-0.15, -0.1) is 0 Å². The number of rotatable bonds is 4. The fraction of sp³-hybridized carbons (Fsp3) is 1.00. The average molecular weight is 142 g/mol. The largest absolute Gasteiger partial charge is 0.328 e. The topological polar surface area (TPSA) is 74.8 Å². The highest BCUT2D eigenvalue weighted by atomic mass is 15.1. The zero-order valence-corrected chi connectivity index (χ0v) is 6.49. The van der Waals surface area contributed by atoms with Crippen LogP contribution in [-0.4, -0.2) is 12.6 Å². The van der Waals surface area contributed by atoms with E-state index in [0.29, 0.717) is 12.5 Å². The second-order valence-corrected chi connectivity index (χ2v) is 2.80. The van der Waals surface area contributed by atoms with E-state index in [1.54, 1.807) is 0 Å². The van der Waals surface area contributed by atoms with Crippen LogP contribution in [0.2, 0.25) is 0 Å². The predicted molar refractivity (Wildman–Crippen MR) is 41.4 cm³/mol. The Morgan fingerprint density at radius 3 is 2.60 bits per heavy atom. The number of nitrogens with two attached hydrogens (primary N) is 1. The van der Waals surface area contributed by atoms with Crippen LogP contribution in [0, 0.1) is 5.92 Å². The second kappa shape index (κ2) is 5.09. The van der Waals surface area contributed by atoms with Crippen LogP contribution in [0.25, 0.3) is 10.4 Å². The molecule has 0 rings (SSSR count). The molecule has 4 heteroatoms. The van der Waals surface area contributed by atoms with Crippen LogP contribution in [0.4, 0.5) is 0 Å². The average Bonchev–Trinajstić information content (AvgIpc) is 1.82. The smallest absolute Gasteiger partial charge is 0.0409 e. The van der Waals surface area contributed by atoms with Gasteiger partial charge in [0.05, 0.1) is 0 Å². The monoisotopic (exact) mass is 142 g/mol. The zero-order chi connectivity index (χ0) is 7.98. The number of hydrogen-bond acceptors (Lipinski definition) is 2. The lowest BCUT2D eigenvalue weighted by Gasteiger charge is -2.09. The van der Waals surface area contributed by atoms with Gasteiger partial charge >= 0.3 is 0 Å². The fourth-order valence-corrected chi connectivity index (χ4v) is 0.821. The van der Waals surface area contributed by atoms with Gasteiger partial charge in [0, 0.05) is 17.5 Å². The van der Waals surface area contributed by atoms with Gasteiger partial charge in [-0.05, 0) is 17.9 Å². The Bertz CT molecular complexity index is 126. The van der Waals surface area contributed by atoms with Gasteiger partial charge in [0.15, 0.2) is 0 Å². The third-order valence-corrected chi connectivity index (χ3v) is 1.15. The van der Waals surface area contributed by atoms with E-state index >= 15 is 0 Å². The first kappa shape index (κ1) is 9.27. The molecule has 0 aliphatic heterocycles. The minimum Gasteiger partial charge on any atom is -0.328 e. The normalized spacial score (nSPS) is 12.8. The van der Waals surface area contributed by atoms with Crippen LogP contribution < -0.4 is 5.73 Å². The Morgan fingerprint density at radius 1 is 1.60 bits per heavy atom. The van der Waals surface area contributed by atoms with Crippen molar-refractivity contribution < 1.29 is 0 Å². The molecule has 0 aromatic heterocycles. The van der Waals surface area contributed by atoms with Crippen molar-refractivity contribution in [1.82, 2.24) is 0 Å². The Labute approximate surface area is 61.0 Å². The van der Waals surface area contributed by atoms with E-state index in [9.17, 15) is 0 Å². The number of hydrogen-bond donors (Lipinski definition) is 1. The van der Waals surface area contributed by atoms with Crippen molar-refractivity contribution in [3.8, 4) is 0 Å². The molecule has 0 spiro atoms. The number of azide groups is 1. The van der Waals surface area contributed by atoms with Crippen LogP contribution >= 0.6 is 0 Å². The Kier molecular flexibility index (Phi) is 4.72. The van der Waals surface area contributed by atoms with Gasteiger partial charge in [-0.25, -0.2) is 0 Å². The molecular formula is C6H14N4. The van der Waals surface area contributed by atoms with E-state index in [4.69, 9.17) is 11.3 Å². The summed E-state index contributed by atoms with van der Waals surface area (Å²) in [5.41, 5.74) is 13.5. The van der Waals surface area contributed by atoms with Crippen molar-refractivity contribution >= 4 is 0 Å². The molecule has 0 aliphatic carbocycles. The summed E-state index contributed by atoms with van der Waals surface area (Å²) in [6.45, 7) is 4.60. The van der Waals surface area contributed by atoms with E-state index in [-0.39, 0.29) is 6.04 Å². The van der Waals surface area contributed by atoms with Crippen LogP contribution in [-0.2, 0) is 0 Å². The molecule has 0 aromatic rings. The molecule has 0 heterocycles. The maximum Gasteiger partial charge on any atom is 0.0409 e. The van der Waals surface area contributed by atoms with Crippen LogP contribution in [0.1, 0.15) is 20.3 Å². The van der Waals surface area contributed by atoms with Crippen molar-refractivity contribution in [1.29, 1.82) is 0 Å². The Morgan fingerprint density at radius 2 is 2.20 bits per heavy atom. The molecule has 1 atom stereocenters. The summed E-state index contributed by atoms with van der Waals surface area (Å²) in [7, 11) is 0. The van der Waals surface area contributed by atoms with E-state index in [1.807, 2.05) is 0 Å². The first-order valence-electron chi connectivity index (χ1n) is 3.43. The molecular weight excluding hydrogens is 128 g/mol. The third-order valence-electron chi connectivity index (χ3n) is 1.15. The van der Waals surface area contributed by atoms with E-state index in [0.717, 1.165) is 6.42 Å². The lowest BCUT2D eigenvalue weighted by molar-refractivity contribution is 0.500. The molecule has 4 nitrogen and oxygen atoms in total.